The molecule has 28 heavy (non-hydrogen) atoms. The molecule has 0 amide bonds. The highest BCUT2D eigenvalue weighted by atomic mass is 14.5. The normalized spacial score (nSPS) is 18.0. The molecule has 1 unspecified atom stereocenters. The third-order valence-corrected chi connectivity index (χ3v) is 6.80. The lowest BCUT2D eigenvalue weighted by molar-refractivity contribution is 0.791. The molecule has 1 atom stereocenters. The van der Waals surface area contributed by atoms with Crippen LogP contribution in [-0.4, -0.2) is 0 Å². The maximum absolute atomic E-state index is 2.42. The summed E-state index contributed by atoms with van der Waals surface area (Å²) >= 11 is 0. The molecule has 4 aromatic carbocycles. The fraction of sp³-hybridized carbons (Fsp3) is 0.143. The molecule has 0 heterocycles. The molecule has 0 aromatic heterocycles. The van der Waals surface area contributed by atoms with E-state index in [2.05, 4.69) is 99.6 Å². The van der Waals surface area contributed by atoms with Crippen LogP contribution in [0.1, 0.15) is 38.9 Å². The molecule has 2 aliphatic carbocycles. The van der Waals surface area contributed by atoms with Gasteiger partial charge in [-0.15, -0.1) is 0 Å². The number of fused-ring (bicyclic) bond motifs is 10. The summed E-state index contributed by atoms with van der Waals surface area (Å²) in [6.07, 6.45) is 0. The zero-order valence-electron chi connectivity index (χ0n) is 16.5. The smallest absolute Gasteiger partial charge is 0.0619 e. The van der Waals surface area contributed by atoms with Gasteiger partial charge in [-0.25, -0.2) is 0 Å². The Morgan fingerprint density at radius 1 is 0.500 bits per heavy atom. The maximum atomic E-state index is 2.42. The first-order valence-corrected chi connectivity index (χ1v) is 10.1. The van der Waals surface area contributed by atoms with E-state index in [0.717, 1.165) is 0 Å². The largest absolute Gasteiger partial charge is 0.0725 e. The Labute approximate surface area is 166 Å². The minimum absolute atomic E-state index is 0.208. The molecule has 0 heteroatoms. The fourth-order valence-electron chi connectivity index (χ4n) is 5.76. The van der Waals surface area contributed by atoms with Crippen molar-refractivity contribution in [3.63, 3.8) is 0 Å². The third kappa shape index (κ3) is 1.67. The molecule has 0 saturated carbocycles. The summed E-state index contributed by atoms with van der Waals surface area (Å²) in [4.78, 5) is 0. The standard InChI is InChI=1S/C28H22/c1-17-14-15-21-25(16-17)28(24-13-7-9-19(3)27(21)24)22-11-5-4-10-20(22)26-18(2)8-6-12-23(26)28/h4-16H,1-3H3. The third-order valence-electron chi connectivity index (χ3n) is 6.80. The van der Waals surface area contributed by atoms with E-state index in [1.807, 2.05) is 0 Å². The second-order valence-electron chi connectivity index (χ2n) is 8.34. The lowest BCUT2D eigenvalue weighted by atomic mass is 9.70. The summed E-state index contributed by atoms with van der Waals surface area (Å²) in [6.45, 7) is 6.71. The van der Waals surface area contributed by atoms with E-state index >= 15 is 0 Å². The second kappa shape index (κ2) is 5.23. The molecule has 2 aliphatic rings. The van der Waals surface area contributed by atoms with Crippen molar-refractivity contribution in [2.24, 2.45) is 0 Å². The van der Waals surface area contributed by atoms with E-state index in [1.165, 1.54) is 61.2 Å². The van der Waals surface area contributed by atoms with Gasteiger partial charge in [-0.1, -0.05) is 84.4 Å². The molecule has 134 valence electrons. The minimum Gasteiger partial charge on any atom is -0.0619 e. The van der Waals surface area contributed by atoms with E-state index in [0.29, 0.717) is 0 Å². The Morgan fingerprint density at radius 2 is 1.07 bits per heavy atom. The lowest BCUT2D eigenvalue weighted by Gasteiger charge is -2.30. The van der Waals surface area contributed by atoms with E-state index in [4.69, 9.17) is 0 Å². The highest BCUT2D eigenvalue weighted by Gasteiger charge is 2.52. The highest BCUT2D eigenvalue weighted by molar-refractivity contribution is 5.96. The van der Waals surface area contributed by atoms with Crippen LogP contribution >= 0.6 is 0 Å². The van der Waals surface area contributed by atoms with Gasteiger partial charge in [0, 0.05) is 0 Å². The van der Waals surface area contributed by atoms with Gasteiger partial charge in [-0.3, -0.25) is 0 Å². The van der Waals surface area contributed by atoms with Gasteiger partial charge in [0.15, 0.2) is 0 Å². The van der Waals surface area contributed by atoms with Crippen molar-refractivity contribution in [2.45, 2.75) is 26.2 Å². The van der Waals surface area contributed by atoms with E-state index in [1.54, 1.807) is 0 Å². The molecule has 1 spiro atoms. The molecule has 0 saturated heterocycles. The molecule has 0 fully saturated rings. The van der Waals surface area contributed by atoms with Crippen molar-refractivity contribution in [1.29, 1.82) is 0 Å². The predicted octanol–water partition coefficient (Wildman–Crippen LogP) is 6.96. The van der Waals surface area contributed by atoms with Crippen LogP contribution < -0.4 is 0 Å². The molecule has 4 aromatic rings. The van der Waals surface area contributed by atoms with Gasteiger partial charge in [0.1, 0.15) is 0 Å². The summed E-state index contributed by atoms with van der Waals surface area (Å²) in [5.74, 6) is 0. The lowest BCUT2D eigenvalue weighted by Crippen LogP contribution is -2.26. The summed E-state index contributed by atoms with van der Waals surface area (Å²) in [5, 5.41) is 0. The van der Waals surface area contributed by atoms with Gasteiger partial charge >= 0.3 is 0 Å². The molecule has 0 nitrogen and oxygen atoms in total. The van der Waals surface area contributed by atoms with Crippen LogP contribution in [0.4, 0.5) is 0 Å². The first-order valence-electron chi connectivity index (χ1n) is 10.1. The fourth-order valence-corrected chi connectivity index (χ4v) is 5.76. The van der Waals surface area contributed by atoms with Crippen LogP contribution in [0.15, 0.2) is 78.9 Å². The van der Waals surface area contributed by atoms with E-state index in [9.17, 15) is 0 Å². The first kappa shape index (κ1) is 15.9. The Kier molecular flexibility index (Phi) is 2.97. The van der Waals surface area contributed by atoms with E-state index < -0.39 is 0 Å². The van der Waals surface area contributed by atoms with Crippen molar-refractivity contribution in [3.05, 3.63) is 118 Å². The summed E-state index contributed by atoms with van der Waals surface area (Å²) in [5.41, 5.74) is 15.2. The van der Waals surface area contributed by atoms with Gasteiger partial charge < -0.3 is 0 Å². The van der Waals surface area contributed by atoms with Crippen LogP contribution in [0.25, 0.3) is 22.3 Å². The number of rotatable bonds is 0. The van der Waals surface area contributed by atoms with Crippen molar-refractivity contribution < 1.29 is 0 Å². The van der Waals surface area contributed by atoms with Crippen LogP contribution in [0.5, 0.6) is 0 Å². The number of aryl methyl sites for hydroxylation is 3. The van der Waals surface area contributed by atoms with Gasteiger partial charge in [-0.05, 0) is 76.4 Å². The average molecular weight is 358 g/mol. The Balaban J connectivity index is 1.90. The average Bonchev–Trinajstić information content (AvgIpc) is 3.16. The topological polar surface area (TPSA) is 0 Å². The summed E-state index contributed by atoms with van der Waals surface area (Å²) < 4.78 is 0. The molecular weight excluding hydrogens is 336 g/mol. The quantitative estimate of drug-likeness (QED) is 0.275. The SMILES string of the molecule is Cc1ccc2c(c1)C1(c3ccccc3-c3c(C)cccc31)c1cccc(C)c1-2. The zero-order chi connectivity index (χ0) is 19.0. The minimum atomic E-state index is -0.208. The van der Waals surface area contributed by atoms with Gasteiger partial charge in [0.2, 0.25) is 0 Å². The summed E-state index contributed by atoms with van der Waals surface area (Å²) in [6, 6.07) is 29.7. The monoisotopic (exact) mass is 358 g/mol. The van der Waals surface area contributed by atoms with Gasteiger partial charge in [0.05, 0.1) is 5.41 Å². The van der Waals surface area contributed by atoms with Crippen molar-refractivity contribution in [3.8, 4) is 22.3 Å². The maximum Gasteiger partial charge on any atom is 0.0725 e. The molecule has 0 radical (unpaired) electrons. The van der Waals surface area contributed by atoms with Crippen LogP contribution in [0, 0.1) is 20.8 Å². The van der Waals surface area contributed by atoms with E-state index in [-0.39, 0.29) is 5.41 Å². The highest BCUT2D eigenvalue weighted by Crippen LogP contribution is 2.63. The first-order chi connectivity index (χ1) is 13.6. The molecule has 0 aliphatic heterocycles. The number of benzene rings is 4. The van der Waals surface area contributed by atoms with Crippen molar-refractivity contribution >= 4 is 0 Å². The van der Waals surface area contributed by atoms with Gasteiger partial charge in [0.25, 0.3) is 0 Å². The zero-order valence-corrected chi connectivity index (χ0v) is 16.5. The Morgan fingerprint density at radius 3 is 1.75 bits per heavy atom. The number of hydrogen-bond acceptors (Lipinski definition) is 0. The number of hydrogen-bond donors (Lipinski definition) is 0. The molecule has 0 N–H and O–H groups in total. The molecule has 0 bridgehead atoms. The second-order valence-corrected chi connectivity index (χ2v) is 8.34. The van der Waals surface area contributed by atoms with Crippen LogP contribution in [0.3, 0.4) is 0 Å². The Bertz CT molecular complexity index is 1280. The van der Waals surface area contributed by atoms with Crippen molar-refractivity contribution in [1.82, 2.24) is 0 Å². The molecular formula is C28H22. The molecule has 6 rings (SSSR count). The van der Waals surface area contributed by atoms with Crippen molar-refractivity contribution in [2.75, 3.05) is 0 Å². The van der Waals surface area contributed by atoms with Crippen LogP contribution in [-0.2, 0) is 5.41 Å². The summed E-state index contributed by atoms with van der Waals surface area (Å²) in [7, 11) is 0. The van der Waals surface area contributed by atoms with Gasteiger partial charge in [-0.2, -0.15) is 0 Å². The predicted molar refractivity (Wildman–Crippen MR) is 117 cm³/mol. The Hall–Kier alpha value is -3.12. The van der Waals surface area contributed by atoms with Crippen LogP contribution in [0.2, 0.25) is 0 Å².